The number of hydrogen-bond acceptors (Lipinski definition) is 8. The largest absolute Gasteiger partial charge is 0.445 e. The summed E-state index contributed by atoms with van der Waals surface area (Å²) in [5.41, 5.74) is 1.68. The summed E-state index contributed by atoms with van der Waals surface area (Å²) < 4.78 is 5.15. The van der Waals surface area contributed by atoms with Crippen molar-refractivity contribution in [3.05, 3.63) is 106 Å². The van der Waals surface area contributed by atoms with Gasteiger partial charge in [-0.15, -0.1) is 0 Å². The molecule has 3 rings (SSSR count). The van der Waals surface area contributed by atoms with Gasteiger partial charge in [0.1, 0.15) is 30.8 Å². The van der Waals surface area contributed by atoms with Crippen molar-refractivity contribution in [2.45, 2.75) is 71.3 Å². The summed E-state index contributed by atoms with van der Waals surface area (Å²) in [7, 11) is 0. The molecule has 14 nitrogen and oxygen atoms in total. The van der Waals surface area contributed by atoms with Gasteiger partial charge in [-0.3, -0.25) is 29.3 Å². The Balaban J connectivity index is 1.65. The Bertz CT molecular complexity index is 1590. The van der Waals surface area contributed by atoms with Crippen molar-refractivity contribution >= 4 is 41.1 Å². The molecule has 0 aromatic heterocycles. The molecule has 5 N–H and O–H groups in total. The Morgan fingerprint density at radius 1 is 0.694 bits per heavy atom. The van der Waals surface area contributed by atoms with E-state index in [0.29, 0.717) is 12.1 Å². The maximum Gasteiger partial charge on any atom is 0.408 e. The second kappa shape index (κ2) is 18.5. The van der Waals surface area contributed by atoms with Crippen molar-refractivity contribution in [2.75, 3.05) is 5.32 Å². The van der Waals surface area contributed by atoms with Crippen LogP contribution in [0.5, 0.6) is 0 Å². The highest BCUT2D eigenvalue weighted by Gasteiger charge is 2.31. The normalized spacial score (nSPS) is 13.7. The van der Waals surface area contributed by atoms with Crippen LogP contribution in [0, 0.1) is 16.0 Å². The van der Waals surface area contributed by atoms with Gasteiger partial charge in [0.25, 0.3) is 5.69 Å². The molecule has 14 heteroatoms. The van der Waals surface area contributed by atoms with Gasteiger partial charge in [-0.2, -0.15) is 0 Å². The zero-order valence-electron chi connectivity index (χ0n) is 27.8. The van der Waals surface area contributed by atoms with Crippen LogP contribution in [0.15, 0.2) is 84.9 Å². The number of carbonyl (C=O) groups excluding carboxylic acids is 5. The number of nitro benzene ring substituents is 1. The summed E-state index contributed by atoms with van der Waals surface area (Å²) in [4.78, 5) is 75.7. The maximum absolute atomic E-state index is 13.7. The molecule has 3 aromatic rings. The Kier molecular flexibility index (Phi) is 14.2. The lowest BCUT2D eigenvalue weighted by molar-refractivity contribution is -0.384. The van der Waals surface area contributed by atoms with E-state index in [1.165, 1.54) is 38.1 Å². The third kappa shape index (κ3) is 12.1. The topological polar surface area (TPSA) is 198 Å². The van der Waals surface area contributed by atoms with Gasteiger partial charge in [0.15, 0.2) is 0 Å². The lowest BCUT2D eigenvalue weighted by atomic mass is 9.97. The van der Waals surface area contributed by atoms with E-state index in [-0.39, 0.29) is 24.6 Å². The van der Waals surface area contributed by atoms with Crippen molar-refractivity contribution in [3.8, 4) is 0 Å². The minimum atomic E-state index is -1.13. The predicted octanol–water partition coefficient (Wildman–Crippen LogP) is 3.61. The summed E-state index contributed by atoms with van der Waals surface area (Å²) in [5.74, 6) is -2.80. The highest BCUT2D eigenvalue weighted by molar-refractivity contribution is 5.99. The minimum Gasteiger partial charge on any atom is -0.445 e. The number of nitrogens with zero attached hydrogens (tertiary/aromatic N) is 1. The summed E-state index contributed by atoms with van der Waals surface area (Å²) >= 11 is 0. The number of ether oxygens (including phenoxy) is 1. The molecular weight excluding hydrogens is 632 g/mol. The van der Waals surface area contributed by atoms with Crippen LogP contribution in [0.4, 0.5) is 16.2 Å². The van der Waals surface area contributed by atoms with E-state index in [9.17, 15) is 34.1 Å². The van der Waals surface area contributed by atoms with Crippen molar-refractivity contribution in [2.24, 2.45) is 5.92 Å². The van der Waals surface area contributed by atoms with E-state index in [1.54, 1.807) is 55.5 Å². The second-order valence-electron chi connectivity index (χ2n) is 11.6. The molecule has 0 aliphatic heterocycles. The fourth-order valence-corrected chi connectivity index (χ4v) is 4.61. The fourth-order valence-electron chi connectivity index (χ4n) is 4.61. The maximum atomic E-state index is 13.7. The van der Waals surface area contributed by atoms with E-state index in [1.807, 2.05) is 19.1 Å². The van der Waals surface area contributed by atoms with Gasteiger partial charge in [0.05, 0.1) is 4.92 Å². The Morgan fingerprint density at radius 3 is 1.82 bits per heavy atom. The number of amides is 5. The van der Waals surface area contributed by atoms with Gasteiger partial charge in [-0.1, -0.05) is 80.9 Å². The van der Waals surface area contributed by atoms with Gasteiger partial charge in [-0.25, -0.2) is 4.79 Å². The lowest BCUT2D eigenvalue weighted by Gasteiger charge is -2.27. The molecular formula is C35H42N6O8. The molecule has 0 radical (unpaired) electrons. The quantitative estimate of drug-likeness (QED) is 0.112. The van der Waals surface area contributed by atoms with Gasteiger partial charge in [-0.05, 0) is 43.0 Å². The first-order chi connectivity index (χ1) is 23.4. The molecule has 0 fully saturated rings. The number of nitrogens with one attached hydrogen (secondary N) is 5. The molecule has 3 aromatic carbocycles. The van der Waals surface area contributed by atoms with Gasteiger partial charge >= 0.3 is 6.09 Å². The van der Waals surface area contributed by atoms with Crippen LogP contribution in [0.2, 0.25) is 0 Å². The first kappa shape index (κ1) is 37.7. The zero-order chi connectivity index (χ0) is 35.9. The Labute approximate surface area is 284 Å². The van der Waals surface area contributed by atoms with Crippen molar-refractivity contribution in [1.82, 2.24) is 21.3 Å². The monoisotopic (exact) mass is 674 g/mol. The van der Waals surface area contributed by atoms with E-state index in [4.69, 9.17) is 4.74 Å². The molecule has 0 heterocycles. The highest BCUT2D eigenvalue weighted by atomic mass is 16.6. The number of alkyl carbamates (subject to hydrolysis) is 1. The number of rotatable bonds is 16. The molecule has 0 bridgehead atoms. The molecule has 260 valence electrons. The van der Waals surface area contributed by atoms with Gasteiger partial charge in [0.2, 0.25) is 23.6 Å². The van der Waals surface area contributed by atoms with E-state index in [2.05, 4.69) is 26.6 Å². The van der Waals surface area contributed by atoms with Crippen LogP contribution in [-0.4, -0.2) is 58.8 Å². The number of anilines is 1. The number of benzene rings is 3. The number of non-ortho nitro benzene ring substituents is 1. The van der Waals surface area contributed by atoms with Crippen molar-refractivity contribution < 1.29 is 33.6 Å². The summed E-state index contributed by atoms with van der Waals surface area (Å²) in [5, 5.41) is 24.1. The fraction of sp³-hybridized carbons (Fsp3) is 0.343. The lowest BCUT2D eigenvalue weighted by Crippen LogP contribution is -2.58. The number of carbonyl (C=O) groups is 5. The molecule has 0 unspecified atom stereocenters. The molecule has 49 heavy (non-hydrogen) atoms. The number of nitro groups is 1. The van der Waals surface area contributed by atoms with E-state index >= 15 is 0 Å². The average molecular weight is 675 g/mol. The first-order valence-corrected chi connectivity index (χ1v) is 15.9. The van der Waals surface area contributed by atoms with Crippen LogP contribution < -0.4 is 26.6 Å². The van der Waals surface area contributed by atoms with Gasteiger partial charge < -0.3 is 31.3 Å². The van der Waals surface area contributed by atoms with Crippen LogP contribution in [0.3, 0.4) is 0 Å². The molecule has 5 atom stereocenters. The summed E-state index contributed by atoms with van der Waals surface area (Å²) in [6, 6.07) is 19.0. The summed E-state index contributed by atoms with van der Waals surface area (Å²) in [6.07, 6.45) is -0.193. The minimum absolute atomic E-state index is 0.0152. The molecule has 5 amide bonds. The molecule has 0 spiro atoms. The van der Waals surface area contributed by atoms with E-state index in [0.717, 1.165) is 11.1 Å². The Hall–Kier alpha value is -5.79. The number of hydrogen-bond donors (Lipinski definition) is 5. The average Bonchev–Trinajstić information content (AvgIpc) is 3.09. The standard InChI is InChI=1S/C35H42N6O8/c1-5-22(2)30(34(45)38-27-16-18-28(19-17-27)41(47)48)40-33(44)29(20-25-12-8-6-9-13-25)39-32(43)23(3)36-31(42)24(4)37-35(46)49-21-26-14-10-7-11-15-26/h6-19,22-24,29-30H,5,20-21H2,1-4H3,(H,36,42)(H,37,46)(H,38,45)(H,39,43)(H,40,44)/t22-,23-,24-,29-,30-/m0/s1. The third-order valence-corrected chi connectivity index (χ3v) is 7.75. The van der Waals surface area contributed by atoms with Crippen molar-refractivity contribution in [1.29, 1.82) is 0 Å². The molecule has 0 aliphatic rings. The highest BCUT2D eigenvalue weighted by Crippen LogP contribution is 2.17. The van der Waals surface area contributed by atoms with Gasteiger partial charge in [0, 0.05) is 24.2 Å². The molecule has 0 saturated heterocycles. The predicted molar refractivity (Wildman–Crippen MR) is 182 cm³/mol. The SMILES string of the molecule is CC[C@H](C)[C@H](NC(=O)[C@H](Cc1ccccc1)NC(=O)[C@H](C)NC(=O)[C@H](C)NC(=O)OCc1ccccc1)C(=O)Nc1ccc([N+](=O)[O-])cc1. The zero-order valence-corrected chi connectivity index (χ0v) is 27.8. The van der Waals surface area contributed by atoms with Crippen molar-refractivity contribution in [3.63, 3.8) is 0 Å². The molecule has 0 aliphatic carbocycles. The second-order valence-corrected chi connectivity index (χ2v) is 11.6. The van der Waals surface area contributed by atoms with E-state index < -0.39 is 58.8 Å². The summed E-state index contributed by atoms with van der Waals surface area (Å²) in [6.45, 7) is 6.53. The smallest absolute Gasteiger partial charge is 0.408 e. The van der Waals surface area contributed by atoms with Crippen LogP contribution in [-0.2, 0) is 36.9 Å². The first-order valence-electron chi connectivity index (χ1n) is 15.9. The third-order valence-electron chi connectivity index (χ3n) is 7.75. The van der Waals surface area contributed by atoms with Crippen LogP contribution in [0.25, 0.3) is 0 Å². The Morgan fingerprint density at radius 2 is 1.24 bits per heavy atom. The van der Waals surface area contributed by atoms with Crippen LogP contribution in [0.1, 0.15) is 45.2 Å². The van der Waals surface area contributed by atoms with Crippen LogP contribution >= 0.6 is 0 Å². The molecule has 0 saturated carbocycles.